The number of hydrogen-bond acceptors (Lipinski definition) is 3. The number of rotatable bonds is 5. The molecule has 0 radical (unpaired) electrons. The van der Waals surface area contributed by atoms with Gasteiger partial charge in [-0.15, -0.1) is 0 Å². The highest BCUT2D eigenvalue weighted by Gasteiger charge is 2.05. The second-order valence-corrected chi connectivity index (χ2v) is 5.29. The lowest BCUT2D eigenvalue weighted by Gasteiger charge is -2.03. The molecule has 0 heterocycles. The van der Waals surface area contributed by atoms with Crippen molar-refractivity contribution >= 4 is 5.97 Å². The van der Waals surface area contributed by atoms with Crippen LogP contribution >= 0.6 is 0 Å². The fourth-order valence-electron chi connectivity index (χ4n) is 2.09. The van der Waals surface area contributed by atoms with Crippen molar-refractivity contribution in [3.05, 3.63) is 102 Å². The van der Waals surface area contributed by atoms with E-state index in [0.717, 1.165) is 0 Å². The Balaban J connectivity index is 0.000000196. The fraction of sp³-hybridized carbons (Fsp3) is 0.0952. The fourth-order valence-corrected chi connectivity index (χ4v) is 2.09. The SMILES string of the molecule is O=C(O)c1ccccc1O.c1ccc(COCc2ccccc2)cc1. The van der Waals surface area contributed by atoms with Crippen LogP contribution in [-0.4, -0.2) is 16.2 Å². The van der Waals surface area contributed by atoms with E-state index in [4.69, 9.17) is 14.9 Å². The first-order valence-electron chi connectivity index (χ1n) is 7.83. The molecule has 0 aliphatic heterocycles. The van der Waals surface area contributed by atoms with E-state index in [0.29, 0.717) is 13.2 Å². The summed E-state index contributed by atoms with van der Waals surface area (Å²) in [6.07, 6.45) is 0. The van der Waals surface area contributed by atoms with Crippen molar-refractivity contribution in [2.45, 2.75) is 13.2 Å². The highest BCUT2D eigenvalue weighted by atomic mass is 16.5. The molecule has 0 spiro atoms. The van der Waals surface area contributed by atoms with E-state index in [9.17, 15) is 4.79 Å². The summed E-state index contributed by atoms with van der Waals surface area (Å²) in [4.78, 5) is 10.3. The summed E-state index contributed by atoms with van der Waals surface area (Å²) >= 11 is 0. The molecule has 0 saturated carbocycles. The number of aromatic hydroxyl groups is 1. The lowest BCUT2D eigenvalue weighted by molar-refractivity contribution is 0.0693. The van der Waals surface area contributed by atoms with Crippen molar-refractivity contribution in [2.75, 3.05) is 0 Å². The number of benzene rings is 3. The molecule has 0 atom stereocenters. The topological polar surface area (TPSA) is 66.8 Å². The standard InChI is InChI=1S/C14H14O.C7H6O3/c1-3-7-13(8-4-1)11-15-12-14-9-5-2-6-10-14;8-6-4-2-1-3-5(6)7(9)10/h1-10H,11-12H2;1-4,8H,(H,9,10). The molecule has 128 valence electrons. The lowest BCUT2D eigenvalue weighted by Crippen LogP contribution is -1.95. The van der Waals surface area contributed by atoms with E-state index < -0.39 is 5.97 Å². The van der Waals surface area contributed by atoms with Crippen LogP contribution in [0.1, 0.15) is 21.5 Å². The summed E-state index contributed by atoms with van der Waals surface area (Å²) in [5, 5.41) is 17.3. The van der Waals surface area contributed by atoms with Gasteiger partial charge >= 0.3 is 5.97 Å². The second-order valence-electron chi connectivity index (χ2n) is 5.29. The van der Waals surface area contributed by atoms with Crippen molar-refractivity contribution < 1.29 is 19.7 Å². The van der Waals surface area contributed by atoms with Crippen molar-refractivity contribution in [3.63, 3.8) is 0 Å². The summed E-state index contributed by atoms with van der Waals surface area (Å²) in [6, 6.07) is 26.3. The molecule has 0 aliphatic rings. The highest BCUT2D eigenvalue weighted by molar-refractivity contribution is 5.90. The molecule has 0 aliphatic carbocycles. The molecule has 4 nitrogen and oxygen atoms in total. The Morgan fingerprint density at radius 1 is 0.720 bits per heavy atom. The van der Waals surface area contributed by atoms with Gasteiger partial charge in [0.25, 0.3) is 0 Å². The van der Waals surface area contributed by atoms with Gasteiger partial charge in [-0.1, -0.05) is 72.8 Å². The number of carbonyl (C=O) groups is 1. The number of hydrogen-bond donors (Lipinski definition) is 2. The van der Waals surface area contributed by atoms with E-state index in [2.05, 4.69) is 24.3 Å². The van der Waals surface area contributed by atoms with Gasteiger partial charge in [-0.25, -0.2) is 4.79 Å². The lowest BCUT2D eigenvalue weighted by atomic mass is 10.2. The number of carboxylic acid groups (broad SMARTS) is 1. The largest absolute Gasteiger partial charge is 0.507 e. The van der Waals surface area contributed by atoms with Gasteiger partial charge in [-0.2, -0.15) is 0 Å². The molecule has 0 aromatic heterocycles. The molecule has 3 aromatic carbocycles. The van der Waals surface area contributed by atoms with Crippen molar-refractivity contribution in [3.8, 4) is 5.75 Å². The van der Waals surface area contributed by atoms with Crippen LogP contribution in [0.2, 0.25) is 0 Å². The normalized spacial score (nSPS) is 9.76. The second kappa shape index (κ2) is 9.90. The molecule has 0 fully saturated rings. The minimum absolute atomic E-state index is 0.0671. The van der Waals surface area contributed by atoms with Crippen molar-refractivity contribution in [1.82, 2.24) is 0 Å². The number of aromatic carboxylic acids is 1. The van der Waals surface area contributed by atoms with Gasteiger partial charge in [0, 0.05) is 0 Å². The van der Waals surface area contributed by atoms with E-state index in [-0.39, 0.29) is 11.3 Å². The van der Waals surface area contributed by atoms with Crippen LogP contribution in [0.5, 0.6) is 5.75 Å². The maximum absolute atomic E-state index is 10.3. The first-order valence-corrected chi connectivity index (χ1v) is 7.83. The van der Waals surface area contributed by atoms with Crippen molar-refractivity contribution in [2.24, 2.45) is 0 Å². The van der Waals surface area contributed by atoms with Crippen LogP contribution in [0.3, 0.4) is 0 Å². The average Bonchev–Trinajstić information content (AvgIpc) is 2.64. The van der Waals surface area contributed by atoms with Gasteiger partial charge in [0.15, 0.2) is 0 Å². The summed E-state index contributed by atoms with van der Waals surface area (Å²) in [6.45, 7) is 1.35. The Kier molecular flexibility index (Phi) is 7.22. The number of para-hydroxylation sites is 1. The average molecular weight is 336 g/mol. The monoisotopic (exact) mass is 336 g/mol. The molecule has 2 N–H and O–H groups in total. The minimum Gasteiger partial charge on any atom is -0.507 e. The Morgan fingerprint density at radius 3 is 1.56 bits per heavy atom. The smallest absolute Gasteiger partial charge is 0.339 e. The summed E-state index contributed by atoms with van der Waals surface area (Å²) < 4.78 is 5.61. The van der Waals surface area contributed by atoms with Crippen LogP contribution in [0.15, 0.2) is 84.9 Å². The third-order valence-corrected chi connectivity index (χ3v) is 3.36. The third kappa shape index (κ3) is 6.49. The Morgan fingerprint density at radius 2 is 1.16 bits per heavy atom. The Hall–Kier alpha value is -3.11. The first kappa shape index (κ1) is 18.2. The maximum atomic E-state index is 10.3. The molecular weight excluding hydrogens is 316 g/mol. The van der Waals surface area contributed by atoms with E-state index in [1.54, 1.807) is 12.1 Å². The highest BCUT2D eigenvalue weighted by Crippen LogP contribution is 2.14. The molecule has 4 heteroatoms. The maximum Gasteiger partial charge on any atom is 0.339 e. The quantitative estimate of drug-likeness (QED) is 0.720. The predicted octanol–water partition coefficient (Wildman–Crippen LogP) is 4.49. The minimum atomic E-state index is -1.11. The third-order valence-electron chi connectivity index (χ3n) is 3.36. The zero-order chi connectivity index (χ0) is 17.9. The van der Waals surface area contributed by atoms with Crippen molar-refractivity contribution in [1.29, 1.82) is 0 Å². The molecule has 0 amide bonds. The Labute approximate surface area is 147 Å². The summed E-state index contributed by atoms with van der Waals surface area (Å²) in [5.41, 5.74) is 2.37. The summed E-state index contributed by atoms with van der Waals surface area (Å²) in [7, 11) is 0. The summed E-state index contributed by atoms with van der Waals surface area (Å²) in [5.74, 6) is -1.31. The molecule has 3 aromatic rings. The zero-order valence-electron chi connectivity index (χ0n) is 13.7. The molecule has 3 rings (SSSR count). The van der Waals surface area contributed by atoms with E-state index in [1.807, 2.05) is 36.4 Å². The van der Waals surface area contributed by atoms with E-state index in [1.165, 1.54) is 23.3 Å². The van der Waals surface area contributed by atoms with Crippen LogP contribution in [0, 0.1) is 0 Å². The van der Waals surface area contributed by atoms with Gasteiger partial charge in [0.2, 0.25) is 0 Å². The van der Waals surface area contributed by atoms with Crippen LogP contribution < -0.4 is 0 Å². The van der Waals surface area contributed by atoms with Gasteiger partial charge in [-0.3, -0.25) is 0 Å². The first-order chi connectivity index (χ1) is 12.2. The van der Waals surface area contributed by atoms with Gasteiger partial charge in [0.1, 0.15) is 11.3 Å². The van der Waals surface area contributed by atoms with E-state index >= 15 is 0 Å². The molecule has 0 bridgehead atoms. The van der Waals surface area contributed by atoms with Crippen LogP contribution in [0.25, 0.3) is 0 Å². The van der Waals surface area contributed by atoms with Crippen LogP contribution in [0.4, 0.5) is 0 Å². The molecule has 25 heavy (non-hydrogen) atoms. The van der Waals surface area contributed by atoms with Gasteiger partial charge < -0.3 is 14.9 Å². The van der Waals surface area contributed by atoms with Gasteiger partial charge in [-0.05, 0) is 23.3 Å². The van der Waals surface area contributed by atoms with Crippen LogP contribution in [-0.2, 0) is 18.0 Å². The number of ether oxygens (including phenoxy) is 1. The zero-order valence-corrected chi connectivity index (χ0v) is 13.7. The predicted molar refractivity (Wildman–Crippen MR) is 96.4 cm³/mol. The number of carboxylic acids is 1. The number of phenols is 1. The molecule has 0 unspecified atom stereocenters. The van der Waals surface area contributed by atoms with Gasteiger partial charge in [0.05, 0.1) is 13.2 Å². The molecule has 0 saturated heterocycles. The molecular formula is C21H20O4. The Bertz CT molecular complexity index is 731.